The molecular weight excluding hydrogens is 400 g/mol. The van der Waals surface area contributed by atoms with Gasteiger partial charge >= 0.3 is 0 Å². The predicted octanol–water partition coefficient (Wildman–Crippen LogP) is 2.89. The highest BCUT2D eigenvalue weighted by atomic mass is 16.1. The van der Waals surface area contributed by atoms with Crippen LogP contribution in [0.15, 0.2) is 48.8 Å². The molecule has 1 unspecified atom stereocenters. The molecule has 3 aromatic rings. The normalized spacial score (nSPS) is 19.8. The summed E-state index contributed by atoms with van der Waals surface area (Å²) < 4.78 is 0. The maximum atomic E-state index is 12.7. The molecule has 0 bridgehead atoms. The Hall–Kier alpha value is -3.03. The van der Waals surface area contributed by atoms with E-state index in [1.54, 1.807) is 6.20 Å². The van der Waals surface area contributed by atoms with Crippen LogP contribution in [0.5, 0.6) is 0 Å². The van der Waals surface area contributed by atoms with Crippen molar-refractivity contribution in [1.29, 1.82) is 0 Å². The zero-order valence-electron chi connectivity index (χ0n) is 18.5. The summed E-state index contributed by atoms with van der Waals surface area (Å²) in [4.78, 5) is 24.1. The van der Waals surface area contributed by atoms with Crippen LogP contribution in [0.25, 0.3) is 22.2 Å². The minimum absolute atomic E-state index is 0.000243. The van der Waals surface area contributed by atoms with Crippen LogP contribution in [0.1, 0.15) is 29.6 Å². The van der Waals surface area contributed by atoms with E-state index >= 15 is 0 Å². The van der Waals surface area contributed by atoms with Crippen molar-refractivity contribution in [2.75, 3.05) is 38.5 Å². The molecule has 0 radical (unpaired) electrons. The van der Waals surface area contributed by atoms with Crippen LogP contribution in [0.3, 0.4) is 0 Å². The van der Waals surface area contributed by atoms with Crippen molar-refractivity contribution in [1.82, 2.24) is 25.5 Å². The van der Waals surface area contributed by atoms with Crippen LogP contribution in [0.4, 0.5) is 5.69 Å². The lowest BCUT2D eigenvalue weighted by Gasteiger charge is -2.29. The first-order valence-corrected chi connectivity index (χ1v) is 11.5. The zero-order valence-corrected chi connectivity index (χ0v) is 18.5. The van der Waals surface area contributed by atoms with Gasteiger partial charge in [0.25, 0.3) is 5.91 Å². The monoisotopic (exact) mass is 430 g/mol. The summed E-state index contributed by atoms with van der Waals surface area (Å²) in [5.74, 6) is -0.000243. The van der Waals surface area contributed by atoms with Crippen LogP contribution in [-0.4, -0.2) is 66.1 Å². The highest BCUT2D eigenvalue weighted by Crippen LogP contribution is 2.29. The number of carbonyl (C=O) groups excluding carboxylic acids is 1. The second kappa shape index (κ2) is 9.22. The van der Waals surface area contributed by atoms with Gasteiger partial charge < -0.3 is 20.9 Å². The molecule has 32 heavy (non-hydrogen) atoms. The van der Waals surface area contributed by atoms with E-state index in [2.05, 4.69) is 38.9 Å². The highest BCUT2D eigenvalue weighted by molar-refractivity contribution is 5.96. The van der Waals surface area contributed by atoms with E-state index in [0.717, 1.165) is 73.3 Å². The predicted molar refractivity (Wildman–Crippen MR) is 128 cm³/mol. The molecule has 2 aliphatic heterocycles. The average Bonchev–Trinajstić information content (AvgIpc) is 3.34. The summed E-state index contributed by atoms with van der Waals surface area (Å²) in [5.41, 5.74) is 4.53. The van der Waals surface area contributed by atoms with Crippen LogP contribution < -0.4 is 16.0 Å². The Labute approximate surface area is 188 Å². The Kier molecular flexibility index (Phi) is 6.01. The molecule has 0 aliphatic carbocycles. The Morgan fingerprint density at radius 1 is 1.09 bits per heavy atom. The number of nitrogens with zero attached hydrogens (tertiary/aromatic N) is 3. The molecule has 1 aromatic carbocycles. The van der Waals surface area contributed by atoms with Crippen LogP contribution in [-0.2, 0) is 0 Å². The van der Waals surface area contributed by atoms with Crippen molar-refractivity contribution in [2.45, 2.75) is 31.3 Å². The van der Waals surface area contributed by atoms with E-state index in [9.17, 15) is 4.79 Å². The Morgan fingerprint density at radius 2 is 1.91 bits per heavy atom. The number of fused-ring (bicyclic) bond motifs is 1. The van der Waals surface area contributed by atoms with Gasteiger partial charge in [0.15, 0.2) is 0 Å². The second-order valence-electron chi connectivity index (χ2n) is 8.91. The molecule has 3 N–H and O–H groups in total. The molecule has 2 aromatic heterocycles. The fourth-order valence-electron chi connectivity index (χ4n) is 4.55. The summed E-state index contributed by atoms with van der Waals surface area (Å²) in [6.07, 6.45) is 6.75. The van der Waals surface area contributed by atoms with E-state index in [4.69, 9.17) is 4.98 Å². The zero-order chi connectivity index (χ0) is 21.9. The van der Waals surface area contributed by atoms with Gasteiger partial charge in [0.1, 0.15) is 0 Å². The molecule has 7 heteroatoms. The summed E-state index contributed by atoms with van der Waals surface area (Å²) in [6, 6.07) is 12.5. The van der Waals surface area contributed by atoms with E-state index < -0.39 is 0 Å². The maximum Gasteiger partial charge on any atom is 0.251 e. The fourth-order valence-corrected chi connectivity index (χ4v) is 4.55. The van der Waals surface area contributed by atoms with Gasteiger partial charge in [-0.3, -0.25) is 9.78 Å². The molecular formula is C25H30N6O. The first kappa shape index (κ1) is 20.8. The summed E-state index contributed by atoms with van der Waals surface area (Å²) >= 11 is 0. The lowest BCUT2D eigenvalue weighted by molar-refractivity contribution is 0.0917. The number of hydrogen-bond donors (Lipinski definition) is 3. The van der Waals surface area contributed by atoms with Gasteiger partial charge in [-0.15, -0.1) is 0 Å². The Bertz CT molecular complexity index is 1090. The smallest absolute Gasteiger partial charge is 0.251 e. The number of benzene rings is 1. The highest BCUT2D eigenvalue weighted by Gasteiger charge is 2.20. The number of aromatic nitrogens is 2. The molecule has 7 nitrogen and oxygen atoms in total. The third-order valence-corrected chi connectivity index (χ3v) is 6.53. The van der Waals surface area contributed by atoms with Gasteiger partial charge in [0, 0.05) is 53.2 Å². The lowest BCUT2D eigenvalue weighted by Crippen LogP contribution is -2.43. The third kappa shape index (κ3) is 4.59. The summed E-state index contributed by atoms with van der Waals surface area (Å²) in [7, 11) is 2.12. The van der Waals surface area contributed by atoms with E-state index in [0.29, 0.717) is 11.6 Å². The number of likely N-dealkylation sites (tertiary alicyclic amines) is 1. The number of rotatable bonds is 5. The number of amides is 1. The molecule has 166 valence electrons. The minimum atomic E-state index is -0.000243. The molecule has 0 saturated carbocycles. The SMILES string of the molecule is CN1CCC(NC(=O)c2ccc(-c3cc(NC4CCNC4)c4cnccc4n3)cc2)CC1. The molecule has 1 atom stereocenters. The molecule has 2 aliphatic rings. The van der Waals surface area contributed by atoms with E-state index in [-0.39, 0.29) is 11.9 Å². The number of anilines is 1. The number of hydrogen-bond acceptors (Lipinski definition) is 6. The molecule has 2 fully saturated rings. The minimum Gasteiger partial charge on any atom is -0.380 e. The lowest BCUT2D eigenvalue weighted by atomic mass is 10.0. The van der Waals surface area contributed by atoms with Crippen molar-refractivity contribution in [3.8, 4) is 11.3 Å². The van der Waals surface area contributed by atoms with Crippen LogP contribution in [0.2, 0.25) is 0 Å². The molecule has 4 heterocycles. The largest absolute Gasteiger partial charge is 0.380 e. The first-order chi connectivity index (χ1) is 15.7. The van der Waals surface area contributed by atoms with Gasteiger partial charge in [-0.1, -0.05) is 12.1 Å². The van der Waals surface area contributed by atoms with E-state index in [1.165, 1.54) is 0 Å². The second-order valence-corrected chi connectivity index (χ2v) is 8.91. The van der Waals surface area contributed by atoms with Crippen molar-refractivity contribution in [2.24, 2.45) is 0 Å². The fraction of sp³-hybridized carbons (Fsp3) is 0.400. The number of piperidine rings is 1. The average molecular weight is 431 g/mol. The van der Waals surface area contributed by atoms with Gasteiger partial charge in [0.05, 0.1) is 11.2 Å². The first-order valence-electron chi connectivity index (χ1n) is 11.5. The quantitative estimate of drug-likeness (QED) is 0.578. The molecule has 2 saturated heterocycles. The topological polar surface area (TPSA) is 82.2 Å². The van der Waals surface area contributed by atoms with Gasteiger partial charge in [0.2, 0.25) is 0 Å². The molecule has 0 spiro atoms. The maximum absolute atomic E-state index is 12.7. The molecule has 5 rings (SSSR count). The number of nitrogens with one attached hydrogen (secondary N) is 3. The molecule has 1 amide bonds. The van der Waals surface area contributed by atoms with E-state index in [1.807, 2.05) is 36.5 Å². The third-order valence-electron chi connectivity index (χ3n) is 6.53. The van der Waals surface area contributed by atoms with Crippen molar-refractivity contribution >= 4 is 22.5 Å². The Morgan fingerprint density at radius 3 is 2.66 bits per heavy atom. The van der Waals surface area contributed by atoms with Crippen molar-refractivity contribution in [3.05, 3.63) is 54.4 Å². The Balaban J connectivity index is 1.36. The van der Waals surface area contributed by atoms with Gasteiger partial charge in [-0.05, 0) is 70.2 Å². The van der Waals surface area contributed by atoms with Gasteiger partial charge in [-0.2, -0.15) is 0 Å². The number of carbonyl (C=O) groups is 1. The summed E-state index contributed by atoms with van der Waals surface area (Å²) in [6.45, 7) is 4.05. The number of pyridine rings is 2. The summed E-state index contributed by atoms with van der Waals surface area (Å²) in [5, 5.41) is 11.3. The standard InChI is InChI=1S/C25H30N6O/c1-31-12-8-19(9-13-31)29-25(32)18-4-2-17(3-5-18)23-14-24(28-20-6-10-26-15-20)21-16-27-11-7-22(21)30-23/h2-5,7,11,14,16,19-20,26H,6,8-10,12-13,15H2,1H3,(H,28,30)(H,29,32). The van der Waals surface area contributed by atoms with Crippen molar-refractivity contribution in [3.63, 3.8) is 0 Å². The van der Waals surface area contributed by atoms with Crippen LogP contribution in [0, 0.1) is 0 Å². The van der Waals surface area contributed by atoms with Crippen molar-refractivity contribution < 1.29 is 4.79 Å². The van der Waals surface area contributed by atoms with Crippen LogP contribution >= 0.6 is 0 Å². The van der Waals surface area contributed by atoms with Gasteiger partial charge in [-0.25, -0.2) is 4.98 Å².